The fourth-order valence-corrected chi connectivity index (χ4v) is 3.20. The van der Waals surface area contributed by atoms with E-state index in [0.717, 1.165) is 11.1 Å². The predicted octanol–water partition coefficient (Wildman–Crippen LogP) is 4.68. The number of nitrogens with zero attached hydrogens (tertiary/aromatic N) is 3. The summed E-state index contributed by atoms with van der Waals surface area (Å²) in [4.78, 5) is 12.7. The van der Waals surface area contributed by atoms with E-state index in [4.69, 9.17) is 4.52 Å². The Bertz CT molecular complexity index is 1060. The number of amides is 1. The van der Waals surface area contributed by atoms with E-state index in [-0.39, 0.29) is 11.8 Å². The van der Waals surface area contributed by atoms with Crippen molar-refractivity contribution in [3.63, 3.8) is 0 Å². The summed E-state index contributed by atoms with van der Waals surface area (Å²) in [6, 6.07) is 25.2. The van der Waals surface area contributed by atoms with Gasteiger partial charge in [0.05, 0.1) is 0 Å². The number of aryl methyl sites for hydroxylation is 1. The highest BCUT2D eigenvalue weighted by atomic mass is 16.5. The summed E-state index contributed by atoms with van der Waals surface area (Å²) in [6.07, 6.45) is 0.300. The molecule has 30 heavy (non-hydrogen) atoms. The summed E-state index contributed by atoms with van der Waals surface area (Å²) < 4.78 is 5.01. The molecule has 2 heterocycles. The van der Waals surface area contributed by atoms with Gasteiger partial charge in [0.2, 0.25) is 5.91 Å². The summed E-state index contributed by atoms with van der Waals surface area (Å²) in [5.74, 6) is 1.97. The molecule has 0 saturated carbocycles. The second-order valence-corrected chi connectivity index (χ2v) is 6.88. The standard InChI is InChI=1S/C23H21N5O2/c1-16-14-22(28-30-16)24-20-12-13-21(27-26-20)25-23(29)15-19(17-8-4-2-5-9-17)18-10-6-3-7-11-18/h2-14,19H,15H2,1H3,(H,24,26,28)(H,25,27,29). The number of carbonyl (C=O) groups is 1. The summed E-state index contributed by atoms with van der Waals surface area (Å²) in [5.41, 5.74) is 2.18. The van der Waals surface area contributed by atoms with Gasteiger partial charge < -0.3 is 15.2 Å². The number of aromatic nitrogens is 3. The Morgan fingerprint density at radius 2 is 1.47 bits per heavy atom. The molecule has 0 aliphatic heterocycles. The van der Waals surface area contributed by atoms with Gasteiger partial charge in [-0.05, 0) is 30.2 Å². The zero-order chi connectivity index (χ0) is 20.8. The number of carbonyl (C=O) groups excluding carboxylic acids is 1. The lowest BCUT2D eigenvalue weighted by Gasteiger charge is -2.17. The second kappa shape index (κ2) is 9.00. The number of hydrogen-bond donors (Lipinski definition) is 2. The zero-order valence-electron chi connectivity index (χ0n) is 16.4. The van der Waals surface area contributed by atoms with Crippen molar-refractivity contribution in [3.05, 3.63) is 95.7 Å². The van der Waals surface area contributed by atoms with E-state index in [2.05, 4.69) is 26.0 Å². The Labute approximate surface area is 174 Å². The molecule has 0 bridgehead atoms. The highest BCUT2D eigenvalue weighted by Gasteiger charge is 2.18. The Balaban J connectivity index is 1.43. The Hall–Kier alpha value is -4.00. The van der Waals surface area contributed by atoms with Crippen molar-refractivity contribution < 1.29 is 9.32 Å². The zero-order valence-corrected chi connectivity index (χ0v) is 16.4. The third-order valence-corrected chi connectivity index (χ3v) is 4.61. The smallest absolute Gasteiger partial charge is 0.226 e. The fourth-order valence-electron chi connectivity index (χ4n) is 3.20. The lowest BCUT2D eigenvalue weighted by Crippen LogP contribution is -2.17. The first-order valence-electron chi connectivity index (χ1n) is 9.61. The summed E-state index contributed by atoms with van der Waals surface area (Å²) in [7, 11) is 0. The second-order valence-electron chi connectivity index (χ2n) is 6.88. The van der Waals surface area contributed by atoms with Gasteiger partial charge in [-0.15, -0.1) is 10.2 Å². The van der Waals surface area contributed by atoms with Crippen LogP contribution in [0.2, 0.25) is 0 Å². The van der Waals surface area contributed by atoms with Gasteiger partial charge in [0.25, 0.3) is 0 Å². The van der Waals surface area contributed by atoms with Crippen molar-refractivity contribution in [2.24, 2.45) is 0 Å². The van der Waals surface area contributed by atoms with E-state index < -0.39 is 0 Å². The van der Waals surface area contributed by atoms with Crippen LogP contribution in [0.4, 0.5) is 17.5 Å². The third-order valence-electron chi connectivity index (χ3n) is 4.61. The molecule has 2 aromatic carbocycles. The minimum Gasteiger partial charge on any atom is -0.360 e. The van der Waals surface area contributed by atoms with Crippen LogP contribution in [0.5, 0.6) is 0 Å². The maximum absolute atomic E-state index is 12.7. The Kier molecular flexibility index (Phi) is 5.80. The molecule has 4 aromatic rings. The molecule has 7 nitrogen and oxygen atoms in total. The van der Waals surface area contributed by atoms with Gasteiger partial charge in [-0.1, -0.05) is 65.8 Å². The monoisotopic (exact) mass is 399 g/mol. The van der Waals surface area contributed by atoms with Crippen LogP contribution in [0.1, 0.15) is 29.2 Å². The van der Waals surface area contributed by atoms with Crippen molar-refractivity contribution in [2.75, 3.05) is 10.6 Å². The molecule has 4 rings (SSSR count). The molecule has 0 radical (unpaired) electrons. The molecule has 0 fully saturated rings. The van der Waals surface area contributed by atoms with Crippen LogP contribution in [-0.4, -0.2) is 21.3 Å². The fraction of sp³-hybridized carbons (Fsp3) is 0.130. The molecule has 7 heteroatoms. The molecule has 0 saturated heterocycles. The molecule has 2 aromatic heterocycles. The molecule has 0 unspecified atom stereocenters. The predicted molar refractivity (Wildman–Crippen MR) is 115 cm³/mol. The van der Waals surface area contributed by atoms with Crippen molar-refractivity contribution in [2.45, 2.75) is 19.3 Å². The highest BCUT2D eigenvalue weighted by Crippen LogP contribution is 2.28. The van der Waals surface area contributed by atoms with Crippen LogP contribution < -0.4 is 10.6 Å². The van der Waals surface area contributed by atoms with Crippen molar-refractivity contribution in [1.82, 2.24) is 15.4 Å². The average Bonchev–Trinajstić information content (AvgIpc) is 3.19. The number of hydrogen-bond acceptors (Lipinski definition) is 6. The third kappa shape index (κ3) is 4.88. The van der Waals surface area contributed by atoms with Crippen molar-refractivity contribution >= 4 is 23.4 Å². The first-order valence-corrected chi connectivity index (χ1v) is 9.61. The lowest BCUT2D eigenvalue weighted by molar-refractivity contribution is -0.116. The van der Waals surface area contributed by atoms with Gasteiger partial charge in [-0.2, -0.15) is 0 Å². The molecule has 0 aliphatic carbocycles. The molecule has 2 N–H and O–H groups in total. The van der Waals surface area contributed by atoms with Crippen molar-refractivity contribution in [3.8, 4) is 0 Å². The van der Waals surface area contributed by atoms with E-state index in [1.807, 2.05) is 60.7 Å². The largest absolute Gasteiger partial charge is 0.360 e. The minimum atomic E-state index is -0.130. The molecular weight excluding hydrogens is 378 g/mol. The Morgan fingerprint density at radius 1 is 0.867 bits per heavy atom. The van der Waals surface area contributed by atoms with Gasteiger partial charge in [0, 0.05) is 18.4 Å². The van der Waals surface area contributed by atoms with Crippen LogP contribution in [-0.2, 0) is 4.79 Å². The van der Waals surface area contributed by atoms with E-state index in [1.165, 1.54) is 0 Å². The maximum Gasteiger partial charge on any atom is 0.226 e. The van der Waals surface area contributed by atoms with Crippen LogP contribution in [0, 0.1) is 6.92 Å². The molecule has 0 aliphatic rings. The van der Waals surface area contributed by atoms with E-state index in [1.54, 1.807) is 25.1 Å². The van der Waals surface area contributed by atoms with Gasteiger partial charge in [0.15, 0.2) is 17.5 Å². The average molecular weight is 399 g/mol. The first kappa shape index (κ1) is 19.3. The van der Waals surface area contributed by atoms with E-state index in [9.17, 15) is 4.79 Å². The summed E-state index contributed by atoms with van der Waals surface area (Å²) >= 11 is 0. The van der Waals surface area contributed by atoms with Crippen molar-refractivity contribution in [1.29, 1.82) is 0 Å². The number of rotatable bonds is 7. The van der Waals surface area contributed by atoms with Gasteiger partial charge in [-0.3, -0.25) is 4.79 Å². The summed E-state index contributed by atoms with van der Waals surface area (Å²) in [5, 5.41) is 17.8. The number of anilines is 3. The Morgan fingerprint density at radius 3 is 2.00 bits per heavy atom. The lowest BCUT2D eigenvalue weighted by atomic mass is 9.88. The molecule has 0 spiro atoms. The quantitative estimate of drug-likeness (QED) is 0.469. The van der Waals surface area contributed by atoms with Crippen LogP contribution in [0.15, 0.2) is 83.4 Å². The highest BCUT2D eigenvalue weighted by molar-refractivity contribution is 5.90. The molecule has 150 valence electrons. The van der Waals surface area contributed by atoms with Crippen LogP contribution in [0.3, 0.4) is 0 Å². The summed E-state index contributed by atoms with van der Waals surface area (Å²) in [6.45, 7) is 1.81. The molecule has 0 atom stereocenters. The normalized spacial score (nSPS) is 10.7. The number of nitrogens with one attached hydrogen (secondary N) is 2. The van der Waals surface area contributed by atoms with Gasteiger partial charge in [-0.25, -0.2) is 0 Å². The molecular formula is C23H21N5O2. The minimum absolute atomic E-state index is 0.0447. The number of benzene rings is 2. The van der Waals surface area contributed by atoms with E-state index >= 15 is 0 Å². The van der Waals surface area contributed by atoms with Crippen LogP contribution >= 0.6 is 0 Å². The SMILES string of the molecule is Cc1cc(Nc2ccc(NC(=O)CC(c3ccccc3)c3ccccc3)nn2)no1. The van der Waals surface area contributed by atoms with Crippen LogP contribution in [0.25, 0.3) is 0 Å². The topological polar surface area (TPSA) is 92.9 Å². The van der Waals surface area contributed by atoms with Gasteiger partial charge >= 0.3 is 0 Å². The maximum atomic E-state index is 12.7. The van der Waals surface area contributed by atoms with E-state index in [0.29, 0.717) is 29.6 Å². The first-order chi connectivity index (χ1) is 14.7. The van der Waals surface area contributed by atoms with Gasteiger partial charge in [0.1, 0.15) is 5.76 Å². The molecule has 1 amide bonds.